The average Bonchev–Trinajstić information content (AvgIpc) is 2.38. The van der Waals surface area contributed by atoms with E-state index in [4.69, 9.17) is 11.6 Å². The summed E-state index contributed by atoms with van der Waals surface area (Å²) >= 11 is 6.14. The van der Waals surface area contributed by atoms with Crippen molar-refractivity contribution in [2.45, 2.75) is 39.2 Å². The molecule has 0 bridgehead atoms. The fourth-order valence-electron chi connectivity index (χ4n) is 2.50. The maximum absolute atomic E-state index is 12.2. The molecule has 1 aliphatic rings. The Hall–Kier alpha value is -1.22. The topological polar surface area (TPSA) is 32.3 Å². The maximum Gasteiger partial charge on any atom is 0.242 e. The summed E-state index contributed by atoms with van der Waals surface area (Å²) in [7, 11) is 0. The molecule has 1 amide bonds. The number of hydrogen-bond acceptors (Lipinski definition) is 2. The second-order valence-corrected chi connectivity index (χ2v) is 5.68. The SMILES string of the molecule is Cc1ccc(NCC(=O)N2CCCCC2C)c(Cl)c1. The number of likely N-dealkylation sites (tertiary alicyclic amines) is 1. The molecule has 1 heterocycles. The Morgan fingerprint density at radius 3 is 2.95 bits per heavy atom. The van der Waals surface area contributed by atoms with Gasteiger partial charge in [0, 0.05) is 12.6 Å². The molecule has 1 atom stereocenters. The third kappa shape index (κ3) is 3.63. The summed E-state index contributed by atoms with van der Waals surface area (Å²) < 4.78 is 0. The normalized spacial score (nSPS) is 19.3. The van der Waals surface area contributed by atoms with E-state index in [-0.39, 0.29) is 5.91 Å². The number of piperidine rings is 1. The van der Waals surface area contributed by atoms with Crippen molar-refractivity contribution in [2.24, 2.45) is 0 Å². The third-order valence-electron chi connectivity index (χ3n) is 3.68. The molecule has 3 nitrogen and oxygen atoms in total. The highest BCUT2D eigenvalue weighted by molar-refractivity contribution is 6.33. The zero-order valence-electron chi connectivity index (χ0n) is 11.6. The van der Waals surface area contributed by atoms with Crippen LogP contribution in [0.2, 0.25) is 5.02 Å². The highest BCUT2D eigenvalue weighted by Crippen LogP contribution is 2.23. The summed E-state index contributed by atoms with van der Waals surface area (Å²) in [6.07, 6.45) is 3.45. The van der Waals surface area contributed by atoms with Crippen molar-refractivity contribution >= 4 is 23.2 Å². The predicted molar refractivity (Wildman–Crippen MR) is 79.7 cm³/mol. The highest BCUT2D eigenvalue weighted by atomic mass is 35.5. The summed E-state index contributed by atoms with van der Waals surface area (Å²) in [5.74, 6) is 0.156. The Morgan fingerprint density at radius 1 is 1.47 bits per heavy atom. The Labute approximate surface area is 119 Å². The number of anilines is 1. The Kier molecular flexibility index (Phi) is 4.70. The van der Waals surface area contributed by atoms with Crippen molar-refractivity contribution in [3.63, 3.8) is 0 Å². The van der Waals surface area contributed by atoms with Gasteiger partial charge in [0.15, 0.2) is 0 Å². The molecule has 19 heavy (non-hydrogen) atoms. The van der Waals surface area contributed by atoms with Crippen LogP contribution in [0.3, 0.4) is 0 Å². The van der Waals surface area contributed by atoms with Gasteiger partial charge in [0.05, 0.1) is 17.3 Å². The molecule has 104 valence electrons. The minimum atomic E-state index is 0.156. The van der Waals surface area contributed by atoms with E-state index >= 15 is 0 Å². The zero-order chi connectivity index (χ0) is 13.8. The van der Waals surface area contributed by atoms with E-state index in [0.717, 1.165) is 30.6 Å². The van der Waals surface area contributed by atoms with Gasteiger partial charge in [0.25, 0.3) is 0 Å². The number of halogens is 1. The van der Waals surface area contributed by atoms with Gasteiger partial charge in [-0.25, -0.2) is 0 Å². The van der Waals surface area contributed by atoms with Crippen LogP contribution in [0, 0.1) is 6.92 Å². The van der Waals surface area contributed by atoms with Gasteiger partial charge in [-0.1, -0.05) is 17.7 Å². The first kappa shape index (κ1) is 14.2. The third-order valence-corrected chi connectivity index (χ3v) is 3.99. The summed E-state index contributed by atoms with van der Waals surface area (Å²) in [6, 6.07) is 6.17. The largest absolute Gasteiger partial charge is 0.375 e. The lowest BCUT2D eigenvalue weighted by molar-refractivity contribution is -0.132. The molecule has 1 aromatic rings. The fourth-order valence-corrected chi connectivity index (χ4v) is 2.81. The smallest absolute Gasteiger partial charge is 0.242 e. The number of carbonyl (C=O) groups is 1. The summed E-state index contributed by atoms with van der Waals surface area (Å²) in [5, 5.41) is 3.80. The number of nitrogens with one attached hydrogen (secondary N) is 1. The van der Waals surface area contributed by atoms with Crippen molar-refractivity contribution in [2.75, 3.05) is 18.4 Å². The molecule has 0 saturated carbocycles. The van der Waals surface area contributed by atoms with Crippen LogP contribution in [0.4, 0.5) is 5.69 Å². The van der Waals surface area contributed by atoms with Gasteiger partial charge in [-0.3, -0.25) is 4.79 Å². The zero-order valence-corrected chi connectivity index (χ0v) is 12.3. The fraction of sp³-hybridized carbons (Fsp3) is 0.533. The van der Waals surface area contributed by atoms with Crippen molar-refractivity contribution in [3.8, 4) is 0 Å². The molecule has 4 heteroatoms. The number of aryl methyl sites for hydroxylation is 1. The van der Waals surface area contributed by atoms with Gasteiger partial charge in [-0.15, -0.1) is 0 Å². The number of hydrogen-bond donors (Lipinski definition) is 1. The minimum Gasteiger partial charge on any atom is -0.375 e. The van der Waals surface area contributed by atoms with Crippen molar-refractivity contribution < 1.29 is 4.79 Å². The maximum atomic E-state index is 12.2. The highest BCUT2D eigenvalue weighted by Gasteiger charge is 2.22. The van der Waals surface area contributed by atoms with Crippen LogP contribution in [-0.2, 0) is 4.79 Å². The monoisotopic (exact) mass is 280 g/mol. The van der Waals surface area contributed by atoms with Crippen LogP contribution in [0.25, 0.3) is 0 Å². The van der Waals surface area contributed by atoms with E-state index in [1.165, 1.54) is 6.42 Å². The standard InChI is InChI=1S/C15H21ClN2O/c1-11-6-7-14(13(16)9-11)17-10-15(19)18-8-4-3-5-12(18)2/h6-7,9,12,17H,3-5,8,10H2,1-2H3. The van der Waals surface area contributed by atoms with Gasteiger partial charge in [0.2, 0.25) is 5.91 Å². The van der Waals surface area contributed by atoms with Crippen LogP contribution in [0.5, 0.6) is 0 Å². The molecule has 1 fully saturated rings. The van der Waals surface area contributed by atoms with Crippen molar-refractivity contribution in [3.05, 3.63) is 28.8 Å². The number of rotatable bonds is 3. The van der Waals surface area contributed by atoms with Crippen LogP contribution in [0.1, 0.15) is 31.7 Å². The lowest BCUT2D eigenvalue weighted by Gasteiger charge is -2.33. The molecule has 1 aliphatic heterocycles. The summed E-state index contributed by atoms with van der Waals surface area (Å²) in [5.41, 5.74) is 1.94. The first-order valence-electron chi connectivity index (χ1n) is 6.87. The summed E-state index contributed by atoms with van der Waals surface area (Å²) in [4.78, 5) is 14.2. The lowest BCUT2D eigenvalue weighted by atomic mass is 10.0. The Bertz CT molecular complexity index is 461. The van der Waals surface area contributed by atoms with Crippen molar-refractivity contribution in [1.82, 2.24) is 4.90 Å². The first-order chi connectivity index (χ1) is 9.08. The van der Waals surface area contributed by atoms with E-state index in [2.05, 4.69) is 12.2 Å². The van der Waals surface area contributed by atoms with E-state index < -0.39 is 0 Å². The average molecular weight is 281 g/mol. The second-order valence-electron chi connectivity index (χ2n) is 5.27. The molecule has 0 aliphatic carbocycles. The molecule has 2 rings (SSSR count). The van der Waals surface area contributed by atoms with Gasteiger partial charge < -0.3 is 10.2 Å². The van der Waals surface area contributed by atoms with Gasteiger partial charge in [0.1, 0.15) is 0 Å². The van der Waals surface area contributed by atoms with E-state index in [1.54, 1.807) is 0 Å². The Morgan fingerprint density at radius 2 is 2.26 bits per heavy atom. The number of benzene rings is 1. The quantitative estimate of drug-likeness (QED) is 0.920. The Balaban J connectivity index is 1.92. The predicted octanol–water partition coefficient (Wildman–Crippen LogP) is 3.46. The lowest BCUT2D eigenvalue weighted by Crippen LogP contribution is -2.44. The molecule has 0 aromatic heterocycles. The van der Waals surface area contributed by atoms with E-state index in [1.807, 2.05) is 30.0 Å². The van der Waals surface area contributed by atoms with E-state index in [9.17, 15) is 4.79 Å². The van der Waals surface area contributed by atoms with E-state index in [0.29, 0.717) is 17.6 Å². The molecule has 1 saturated heterocycles. The van der Waals surface area contributed by atoms with Crippen LogP contribution in [-0.4, -0.2) is 29.9 Å². The molecule has 1 N–H and O–H groups in total. The molecule has 1 aromatic carbocycles. The van der Waals surface area contributed by atoms with Gasteiger partial charge in [-0.2, -0.15) is 0 Å². The molecule has 0 radical (unpaired) electrons. The molecule has 1 unspecified atom stereocenters. The second kappa shape index (κ2) is 6.29. The van der Waals surface area contributed by atoms with Crippen LogP contribution < -0.4 is 5.32 Å². The van der Waals surface area contributed by atoms with Crippen LogP contribution in [0.15, 0.2) is 18.2 Å². The molecular formula is C15H21ClN2O. The van der Waals surface area contributed by atoms with Crippen molar-refractivity contribution in [1.29, 1.82) is 0 Å². The number of amides is 1. The molecule has 0 spiro atoms. The molecular weight excluding hydrogens is 260 g/mol. The first-order valence-corrected chi connectivity index (χ1v) is 7.25. The van der Waals surface area contributed by atoms with Crippen LogP contribution >= 0.6 is 11.6 Å². The number of nitrogens with zero attached hydrogens (tertiary/aromatic N) is 1. The summed E-state index contributed by atoms with van der Waals surface area (Å²) in [6.45, 7) is 5.31. The van der Waals surface area contributed by atoms with Gasteiger partial charge >= 0.3 is 0 Å². The van der Waals surface area contributed by atoms with Gasteiger partial charge in [-0.05, 0) is 50.8 Å². The minimum absolute atomic E-state index is 0.156. The number of carbonyl (C=O) groups excluding carboxylic acids is 1.